The molecule has 0 bridgehead atoms. The Hall–Kier alpha value is 4.25. The molecular weight excluding hydrogens is 1100 g/mol. The van der Waals surface area contributed by atoms with Gasteiger partial charge in [-0.25, -0.2) is 0 Å². The molecule has 0 saturated heterocycles. The third-order valence-electron chi connectivity index (χ3n) is 0. The summed E-state index contributed by atoms with van der Waals surface area (Å²) in [6.07, 6.45) is 0. The van der Waals surface area contributed by atoms with Crippen molar-refractivity contribution in [1.29, 1.82) is 0 Å². The van der Waals surface area contributed by atoms with Crippen LogP contribution >= 0.6 is 0 Å². The van der Waals surface area contributed by atoms with Gasteiger partial charge in [0.1, 0.15) is 0 Å². The summed E-state index contributed by atoms with van der Waals surface area (Å²) in [5, 5.41) is 0. The zero-order valence-electron chi connectivity index (χ0n) is 10.1. The molecular formula is MgNb4O15Pb2Ti. The van der Waals surface area contributed by atoms with Gasteiger partial charge in [-0.2, -0.15) is 0 Å². The molecule has 0 aromatic heterocycles. The van der Waals surface area contributed by atoms with Crippen LogP contribution in [0.1, 0.15) is 0 Å². The molecule has 0 N–H and O–H groups in total. The van der Waals surface area contributed by atoms with E-state index in [2.05, 4.69) is 0 Å². The van der Waals surface area contributed by atoms with E-state index in [0.717, 1.165) is 0 Å². The summed E-state index contributed by atoms with van der Waals surface area (Å²) >= 11 is -20.9. The van der Waals surface area contributed by atoms with Crippen molar-refractivity contribution < 1.29 is 145 Å². The van der Waals surface area contributed by atoms with Gasteiger partial charge in [0.25, 0.3) is 0 Å². The summed E-state index contributed by atoms with van der Waals surface area (Å²) in [5.41, 5.74) is 0. The summed E-state index contributed by atoms with van der Waals surface area (Å²) in [6.45, 7) is 0. The second-order valence-corrected chi connectivity index (χ2v) is 6.32. The summed E-state index contributed by atoms with van der Waals surface area (Å²) < 4.78 is 129. The first-order chi connectivity index (χ1) is 8.66. The Balaban J connectivity index is -0.0000000197. The molecule has 0 spiro atoms. The van der Waals surface area contributed by atoms with Crippen LogP contribution in [0.4, 0.5) is 0 Å². The standard InChI is InChI=1S/Mg.4Nb.15O.2Pb.Ti/q+2;;;;;;;;;;;;;;6*-1;2*+2;. The molecule has 0 rings (SSSR count). The Morgan fingerprint density at radius 3 is 0.522 bits per heavy atom. The molecule has 0 fully saturated rings. The predicted molar refractivity (Wildman–Crippen MR) is 23.4 cm³/mol. The third-order valence-corrected chi connectivity index (χ3v) is 0. The Morgan fingerprint density at radius 1 is 0.522 bits per heavy atom. The van der Waals surface area contributed by atoms with Crippen molar-refractivity contribution in [3.05, 3.63) is 0 Å². The molecule has 0 unspecified atom stereocenters. The molecule has 23 heavy (non-hydrogen) atoms. The van der Waals surface area contributed by atoms with Gasteiger partial charge in [-0.3, -0.25) is 0 Å². The van der Waals surface area contributed by atoms with Gasteiger partial charge >= 0.3 is 223 Å². The topological polar surface area (TPSA) is 292 Å². The van der Waals surface area contributed by atoms with Gasteiger partial charge in [-0.05, 0) is 0 Å². The second-order valence-electron chi connectivity index (χ2n) is 1.14. The van der Waals surface area contributed by atoms with E-state index >= 15 is 0 Å². The van der Waals surface area contributed by atoms with Crippen molar-refractivity contribution in [1.82, 2.24) is 0 Å². The van der Waals surface area contributed by atoms with Gasteiger partial charge in [0.15, 0.2) is 0 Å². The first-order valence-electron chi connectivity index (χ1n) is 2.80. The molecule has 0 aliphatic rings. The molecule has 23 heteroatoms. The fourth-order valence-corrected chi connectivity index (χ4v) is 0. The van der Waals surface area contributed by atoms with Gasteiger partial charge in [-0.1, -0.05) is 0 Å². The summed E-state index contributed by atoms with van der Waals surface area (Å²) in [6, 6.07) is 0. The summed E-state index contributed by atoms with van der Waals surface area (Å²) in [4.78, 5) is 0. The second kappa shape index (κ2) is 45.2. The number of hydrogen-bond acceptors (Lipinski definition) is 15. The predicted octanol–water partition coefficient (Wildman–Crippen LogP) is -9.36. The van der Waals surface area contributed by atoms with Gasteiger partial charge in [0.2, 0.25) is 0 Å². The Bertz CT molecular complexity index is 384. The van der Waals surface area contributed by atoms with E-state index in [1.54, 1.807) is 0 Å². The average molecular weight is 1100 g/mol. The van der Waals surface area contributed by atoms with Gasteiger partial charge < -0.3 is 0 Å². The van der Waals surface area contributed by atoms with Crippen molar-refractivity contribution >= 4 is 77.7 Å². The van der Waals surface area contributed by atoms with E-state index in [9.17, 15) is 0 Å². The van der Waals surface area contributed by atoms with Gasteiger partial charge in [0.05, 0.1) is 0 Å². The third kappa shape index (κ3) is 856. The Morgan fingerprint density at radius 2 is 0.522 bits per heavy atom. The Labute approximate surface area is 217 Å². The molecule has 0 aromatic carbocycles. The molecule has 0 aromatic rings. The molecule has 0 amide bonds. The molecule has 0 atom stereocenters. The number of hydrogen-bond donors (Lipinski definition) is 0. The van der Waals surface area contributed by atoms with E-state index in [1.807, 2.05) is 0 Å². The SMILES string of the molecule is [Mg+2].[O]=[Nb](=[O])[O-].[O]=[Nb](=[O])[O-].[O]=[Nb](=[O])[O-].[O]=[Nb](=[O])[O-].[O]=[Ti]([O-])[O-].[Pb+2].[Pb+2]. The van der Waals surface area contributed by atoms with Gasteiger partial charge in [-0.15, -0.1) is 0 Å². The molecule has 0 heterocycles. The quantitative estimate of drug-likeness (QED) is 0.204. The van der Waals surface area contributed by atoms with Crippen molar-refractivity contribution in [3.8, 4) is 0 Å². The fraction of sp³-hybridized carbons (Fsp3) is 0. The van der Waals surface area contributed by atoms with Gasteiger partial charge in [0, 0.05) is 0 Å². The van der Waals surface area contributed by atoms with Crippen LogP contribution in [-0.4, -0.2) is 77.7 Å². The normalized spacial score (nSPS) is 5.48. The first kappa shape index (κ1) is 50.7. The minimum Gasteiger partial charge on any atom is 2.00 e. The van der Waals surface area contributed by atoms with Crippen LogP contribution in [0, 0.1) is 0 Å². The molecule has 124 valence electrons. The molecule has 0 aliphatic heterocycles. The minimum atomic E-state index is -4.20. The first-order valence-corrected chi connectivity index (χ1v) is 15.5. The fourth-order valence-electron chi connectivity index (χ4n) is 0. The largest absolute Gasteiger partial charge is 2.00 e. The van der Waals surface area contributed by atoms with Crippen molar-refractivity contribution in [2.75, 3.05) is 0 Å². The van der Waals surface area contributed by atoms with Crippen molar-refractivity contribution in [2.24, 2.45) is 0 Å². The molecule has 0 aliphatic carbocycles. The van der Waals surface area contributed by atoms with E-state index in [0.29, 0.717) is 0 Å². The molecule has 4 radical (unpaired) electrons. The monoisotopic (exact) mass is 1100 g/mol. The van der Waals surface area contributed by atoms with Crippen LogP contribution in [-0.2, 0) is 123 Å². The van der Waals surface area contributed by atoms with Crippen LogP contribution in [0.5, 0.6) is 0 Å². The van der Waals surface area contributed by atoms with E-state index in [1.165, 1.54) is 0 Å². The van der Waals surface area contributed by atoms with Crippen LogP contribution in [0.15, 0.2) is 0 Å². The average Bonchev–Trinajstić information content (AvgIpc) is 1.94. The van der Waals surface area contributed by atoms with Crippen LogP contribution in [0.25, 0.3) is 0 Å². The van der Waals surface area contributed by atoms with Crippen molar-refractivity contribution in [3.63, 3.8) is 0 Å². The van der Waals surface area contributed by atoms with Crippen LogP contribution in [0.2, 0.25) is 0 Å². The Kier molecular flexibility index (Phi) is 99.5. The maximum atomic E-state index is 8.60. The molecule has 15 nitrogen and oxygen atoms in total. The smallest absolute Gasteiger partial charge is 2.00 e. The summed E-state index contributed by atoms with van der Waals surface area (Å²) in [5.74, 6) is 0. The van der Waals surface area contributed by atoms with E-state index in [4.69, 9.17) is 51.2 Å². The van der Waals surface area contributed by atoms with Crippen LogP contribution < -0.4 is 21.8 Å². The molecule has 0 saturated carbocycles. The van der Waals surface area contributed by atoms with E-state index in [-0.39, 0.29) is 77.7 Å². The van der Waals surface area contributed by atoms with Crippen LogP contribution in [0.3, 0.4) is 0 Å². The summed E-state index contributed by atoms with van der Waals surface area (Å²) in [7, 11) is 0. The zero-order chi connectivity index (χ0) is 17.9. The number of rotatable bonds is 0. The maximum Gasteiger partial charge on any atom is 2.00 e. The zero-order valence-corrected chi connectivity index (χ0v) is 29.7. The van der Waals surface area contributed by atoms with E-state index < -0.39 is 93.8 Å². The van der Waals surface area contributed by atoms with Crippen molar-refractivity contribution in [2.45, 2.75) is 0 Å². The minimum absolute atomic E-state index is 0. The maximum absolute atomic E-state index is 8.60.